The Balaban J connectivity index is 2.02. The minimum Gasteiger partial charge on any atom is -0.398 e. The van der Waals surface area contributed by atoms with E-state index in [0.717, 1.165) is 4.90 Å². The lowest BCUT2D eigenvalue weighted by Gasteiger charge is -2.27. The fourth-order valence-electron chi connectivity index (χ4n) is 2.74. The Morgan fingerprint density at radius 2 is 1.90 bits per heavy atom. The number of fused-ring (bicyclic) bond motifs is 1. The summed E-state index contributed by atoms with van der Waals surface area (Å²) in [6.45, 7) is 1.66. The van der Waals surface area contributed by atoms with Crippen LogP contribution in [0.3, 0.4) is 0 Å². The first-order valence-corrected chi connectivity index (χ1v) is 6.52. The van der Waals surface area contributed by atoms with Crippen LogP contribution in [0, 0.1) is 6.92 Å². The number of nitrogen functional groups attached to an aromatic ring is 1. The number of amides is 4. The van der Waals surface area contributed by atoms with Gasteiger partial charge in [0, 0.05) is 12.1 Å². The third kappa shape index (κ3) is 1.81. The fourth-order valence-corrected chi connectivity index (χ4v) is 2.74. The Kier molecular flexibility index (Phi) is 2.79. The number of carbonyl (C=O) groups is 4. The molecule has 21 heavy (non-hydrogen) atoms. The van der Waals surface area contributed by atoms with Crippen LogP contribution in [0.2, 0.25) is 0 Å². The molecular formula is C14H13N3O4. The molecule has 1 unspecified atom stereocenters. The third-order valence-electron chi connectivity index (χ3n) is 3.91. The van der Waals surface area contributed by atoms with Crippen molar-refractivity contribution in [1.29, 1.82) is 0 Å². The molecule has 0 spiro atoms. The number of carbonyl (C=O) groups excluding carboxylic acids is 4. The predicted molar refractivity (Wildman–Crippen MR) is 72.3 cm³/mol. The highest BCUT2D eigenvalue weighted by atomic mass is 16.2. The average molecular weight is 287 g/mol. The molecule has 7 nitrogen and oxygen atoms in total. The Bertz CT molecular complexity index is 710. The highest BCUT2D eigenvalue weighted by Crippen LogP contribution is 2.31. The van der Waals surface area contributed by atoms with Gasteiger partial charge in [-0.3, -0.25) is 29.4 Å². The molecular weight excluding hydrogens is 274 g/mol. The van der Waals surface area contributed by atoms with E-state index in [1.807, 2.05) is 0 Å². The number of piperidine rings is 1. The van der Waals surface area contributed by atoms with Crippen molar-refractivity contribution in [3.63, 3.8) is 0 Å². The molecule has 7 heteroatoms. The largest absolute Gasteiger partial charge is 0.398 e. The van der Waals surface area contributed by atoms with Gasteiger partial charge in [0.15, 0.2) is 0 Å². The third-order valence-corrected chi connectivity index (χ3v) is 3.91. The zero-order valence-corrected chi connectivity index (χ0v) is 11.3. The van der Waals surface area contributed by atoms with Crippen molar-refractivity contribution in [1.82, 2.24) is 10.2 Å². The molecule has 108 valence electrons. The van der Waals surface area contributed by atoms with Gasteiger partial charge in [-0.15, -0.1) is 0 Å². The first-order valence-electron chi connectivity index (χ1n) is 6.52. The van der Waals surface area contributed by atoms with E-state index in [9.17, 15) is 19.2 Å². The van der Waals surface area contributed by atoms with Crippen molar-refractivity contribution in [2.45, 2.75) is 25.8 Å². The molecule has 4 amide bonds. The maximum absolute atomic E-state index is 12.5. The van der Waals surface area contributed by atoms with Crippen LogP contribution in [0.25, 0.3) is 0 Å². The number of hydrogen-bond acceptors (Lipinski definition) is 5. The maximum atomic E-state index is 12.5. The van der Waals surface area contributed by atoms with Gasteiger partial charge in [-0.2, -0.15) is 0 Å². The first-order chi connectivity index (χ1) is 9.91. The Hall–Kier alpha value is -2.70. The lowest BCUT2D eigenvalue weighted by molar-refractivity contribution is -0.136. The van der Waals surface area contributed by atoms with Crippen molar-refractivity contribution >= 4 is 29.3 Å². The number of nitrogens with zero attached hydrogens (tertiary/aromatic N) is 1. The summed E-state index contributed by atoms with van der Waals surface area (Å²) < 4.78 is 0. The predicted octanol–water partition coefficient (Wildman–Crippen LogP) is -0.0216. The summed E-state index contributed by atoms with van der Waals surface area (Å²) in [6, 6.07) is 2.10. The summed E-state index contributed by atoms with van der Waals surface area (Å²) in [5, 5.41) is 2.15. The first kappa shape index (κ1) is 13.3. The van der Waals surface area contributed by atoms with Crippen molar-refractivity contribution in [3.8, 4) is 0 Å². The summed E-state index contributed by atoms with van der Waals surface area (Å²) >= 11 is 0. The zero-order valence-electron chi connectivity index (χ0n) is 11.3. The maximum Gasteiger partial charge on any atom is 0.262 e. The van der Waals surface area contributed by atoms with Gasteiger partial charge in [-0.05, 0) is 31.0 Å². The molecule has 1 atom stereocenters. The number of anilines is 1. The normalized spacial score (nSPS) is 21.6. The molecule has 2 heterocycles. The van der Waals surface area contributed by atoms with Crippen LogP contribution in [0.4, 0.5) is 5.69 Å². The zero-order chi connectivity index (χ0) is 15.3. The minimum atomic E-state index is -0.948. The van der Waals surface area contributed by atoms with E-state index in [1.165, 1.54) is 6.07 Å². The lowest BCUT2D eigenvalue weighted by Crippen LogP contribution is -2.54. The lowest BCUT2D eigenvalue weighted by atomic mass is 10.0. The summed E-state index contributed by atoms with van der Waals surface area (Å²) in [5.41, 5.74) is 7.20. The van der Waals surface area contributed by atoms with E-state index >= 15 is 0 Å². The standard InChI is InChI=1S/C14H13N3O4/c1-6-8(15)3-2-7-11(6)14(21)17(13(7)20)9-4-5-10(18)16-12(9)19/h2-3,9H,4-5,15H2,1H3,(H,16,18,19). The Morgan fingerprint density at radius 3 is 2.57 bits per heavy atom. The number of nitrogens with one attached hydrogen (secondary N) is 1. The number of imide groups is 2. The van der Waals surface area contributed by atoms with Crippen molar-refractivity contribution in [2.75, 3.05) is 5.73 Å². The van der Waals surface area contributed by atoms with Gasteiger partial charge >= 0.3 is 0 Å². The molecule has 0 saturated carbocycles. The van der Waals surface area contributed by atoms with Gasteiger partial charge in [0.1, 0.15) is 6.04 Å². The molecule has 2 aliphatic rings. The van der Waals surface area contributed by atoms with Gasteiger partial charge in [-0.25, -0.2) is 0 Å². The smallest absolute Gasteiger partial charge is 0.262 e. The molecule has 1 aromatic rings. The van der Waals surface area contributed by atoms with Crippen LogP contribution in [-0.2, 0) is 9.59 Å². The SMILES string of the molecule is Cc1c(N)ccc2c1C(=O)N(C1CCC(=O)NC1=O)C2=O. The van der Waals surface area contributed by atoms with Crippen LogP contribution in [0.1, 0.15) is 39.1 Å². The van der Waals surface area contributed by atoms with Crippen molar-refractivity contribution in [3.05, 3.63) is 28.8 Å². The average Bonchev–Trinajstić information content (AvgIpc) is 2.67. The highest BCUT2D eigenvalue weighted by molar-refractivity contribution is 6.24. The second-order valence-corrected chi connectivity index (χ2v) is 5.15. The molecule has 0 radical (unpaired) electrons. The van der Waals surface area contributed by atoms with Gasteiger partial charge in [-0.1, -0.05) is 0 Å². The molecule has 3 N–H and O–H groups in total. The Morgan fingerprint density at radius 1 is 1.19 bits per heavy atom. The highest BCUT2D eigenvalue weighted by Gasteiger charge is 2.45. The minimum absolute atomic E-state index is 0.102. The molecule has 1 fully saturated rings. The summed E-state index contributed by atoms with van der Waals surface area (Å²) in [4.78, 5) is 48.9. The second kappa shape index (κ2) is 4.41. The summed E-state index contributed by atoms with van der Waals surface area (Å²) in [7, 11) is 0. The molecule has 0 bridgehead atoms. The van der Waals surface area contributed by atoms with Crippen LogP contribution in [0.5, 0.6) is 0 Å². The van der Waals surface area contributed by atoms with E-state index in [0.29, 0.717) is 11.3 Å². The van der Waals surface area contributed by atoms with E-state index in [2.05, 4.69) is 5.32 Å². The number of rotatable bonds is 1. The summed E-state index contributed by atoms with van der Waals surface area (Å²) in [5.74, 6) is -2.07. The number of hydrogen-bond donors (Lipinski definition) is 2. The van der Waals surface area contributed by atoms with Crippen molar-refractivity contribution < 1.29 is 19.2 Å². The molecule has 0 aliphatic carbocycles. The van der Waals surface area contributed by atoms with Crippen LogP contribution >= 0.6 is 0 Å². The topological polar surface area (TPSA) is 110 Å². The van der Waals surface area contributed by atoms with E-state index < -0.39 is 29.7 Å². The summed E-state index contributed by atoms with van der Waals surface area (Å²) in [6.07, 6.45) is 0.246. The monoisotopic (exact) mass is 287 g/mol. The molecule has 1 aromatic carbocycles. The van der Waals surface area contributed by atoms with Crippen molar-refractivity contribution in [2.24, 2.45) is 0 Å². The van der Waals surface area contributed by atoms with Gasteiger partial charge in [0.2, 0.25) is 11.8 Å². The fraction of sp³-hybridized carbons (Fsp3) is 0.286. The molecule has 1 saturated heterocycles. The molecule has 2 aliphatic heterocycles. The number of benzene rings is 1. The molecule has 3 rings (SSSR count). The number of nitrogens with two attached hydrogens (primary N) is 1. The molecule has 0 aromatic heterocycles. The van der Waals surface area contributed by atoms with E-state index in [4.69, 9.17) is 5.73 Å². The van der Waals surface area contributed by atoms with Crippen LogP contribution in [-0.4, -0.2) is 34.6 Å². The second-order valence-electron chi connectivity index (χ2n) is 5.15. The van der Waals surface area contributed by atoms with E-state index in [1.54, 1.807) is 13.0 Å². The van der Waals surface area contributed by atoms with E-state index in [-0.39, 0.29) is 24.0 Å². The van der Waals surface area contributed by atoms with Crippen LogP contribution in [0.15, 0.2) is 12.1 Å². The van der Waals surface area contributed by atoms with Gasteiger partial charge in [0.05, 0.1) is 11.1 Å². The van der Waals surface area contributed by atoms with Gasteiger partial charge < -0.3 is 5.73 Å². The Labute approximate surface area is 120 Å². The quantitative estimate of drug-likeness (QED) is 0.557. The van der Waals surface area contributed by atoms with Crippen LogP contribution < -0.4 is 11.1 Å². The van der Waals surface area contributed by atoms with Gasteiger partial charge in [0.25, 0.3) is 11.8 Å².